The number of amides is 1. The van der Waals surface area contributed by atoms with Gasteiger partial charge >= 0.3 is 0 Å². The molecule has 0 bridgehead atoms. The molecule has 2 rings (SSSR count). The summed E-state index contributed by atoms with van der Waals surface area (Å²) in [6, 6.07) is 5.63. The summed E-state index contributed by atoms with van der Waals surface area (Å²) in [7, 11) is 1.80. The molecule has 0 aliphatic heterocycles. The van der Waals surface area contributed by atoms with Gasteiger partial charge in [0.2, 0.25) is 5.95 Å². The Bertz CT molecular complexity index is 753. The summed E-state index contributed by atoms with van der Waals surface area (Å²) in [4.78, 5) is 23.0. The van der Waals surface area contributed by atoms with Gasteiger partial charge in [-0.2, -0.15) is 0 Å². The minimum atomic E-state index is -0.103. The van der Waals surface area contributed by atoms with Crippen LogP contribution in [0.3, 0.4) is 0 Å². The van der Waals surface area contributed by atoms with Crippen molar-refractivity contribution in [2.24, 2.45) is 0 Å². The molecule has 1 heterocycles. The van der Waals surface area contributed by atoms with Crippen LogP contribution in [-0.2, 0) is 0 Å². The highest BCUT2D eigenvalue weighted by molar-refractivity contribution is 6.33. The number of rotatable bonds is 6. The molecule has 1 N–H and O–H groups in total. The third-order valence-electron chi connectivity index (χ3n) is 3.94. The number of hydrogen-bond donors (Lipinski definition) is 1. The van der Waals surface area contributed by atoms with Crippen molar-refractivity contribution in [3.63, 3.8) is 0 Å². The summed E-state index contributed by atoms with van der Waals surface area (Å²) in [5.74, 6) is 0.273. The van der Waals surface area contributed by atoms with Crippen molar-refractivity contribution in [2.75, 3.05) is 18.9 Å². The SMILES string of the molecule is CCCCN(C)C(=O)c1cc(C)nc(Nc2c(C)cc(C)cc2Cl)n1. The number of aryl methyl sites for hydroxylation is 3. The van der Waals surface area contributed by atoms with Gasteiger partial charge in [-0.05, 0) is 50.5 Å². The minimum Gasteiger partial charge on any atom is -0.340 e. The molecule has 6 heteroatoms. The van der Waals surface area contributed by atoms with Crippen molar-refractivity contribution in [1.29, 1.82) is 0 Å². The summed E-state index contributed by atoms with van der Waals surface area (Å²) in [6.07, 6.45) is 2.01. The highest BCUT2D eigenvalue weighted by atomic mass is 35.5. The number of nitrogens with one attached hydrogen (secondary N) is 1. The maximum Gasteiger partial charge on any atom is 0.272 e. The molecule has 0 saturated heterocycles. The van der Waals surface area contributed by atoms with Crippen LogP contribution in [0.25, 0.3) is 0 Å². The van der Waals surface area contributed by atoms with Crippen molar-refractivity contribution in [3.8, 4) is 0 Å². The van der Waals surface area contributed by atoms with Crippen LogP contribution in [0.5, 0.6) is 0 Å². The Hall–Kier alpha value is -2.14. The van der Waals surface area contributed by atoms with Gasteiger partial charge in [0.05, 0.1) is 10.7 Å². The van der Waals surface area contributed by atoms with Gasteiger partial charge in [0.25, 0.3) is 5.91 Å². The molecule has 0 fully saturated rings. The highest BCUT2D eigenvalue weighted by Crippen LogP contribution is 2.29. The Kier molecular flexibility index (Phi) is 6.37. The van der Waals surface area contributed by atoms with Crippen LogP contribution >= 0.6 is 11.6 Å². The van der Waals surface area contributed by atoms with Crippen molar-refractivity contribution < 1.29 is 4.79 Å². The number of carbonyl (C=O) groups excluding carboxylic acids is 1. The van der Waals surface area contributed by atoms with Crippen LogP contribution in [0.15, 0.2) is 18.2 Å². The molecule has 25 heavy (non-hydrogen) atoms. The number of nitrogens with zero attached hydrogens (tertiary/aromatic N) is 3. The molecule has 0 spiro atoms. The molecule has 0 aliphatic carbocycles. The topological polar surface area (TPSA) is 58.1 Å². The number of carbonyl (C=O) groups is 1. The number of hydrogen-bond acceptors (Lipinski definition) is 4. The summed E-state index contributed by atoms with van der Waals surface area (Å²) >= 11 is 6.34. The standard InChI is InChI=1S/C19H25ClN4O/c1-6-7-8-24(5)18(25)16-11-14(4)21-19(22-16)23-17-13(3)9-12(2)10-15(17)20/h9-11H,6-8H2,1-5H3,(H,21,22,23). The predicted octanol–water partition coefficient (Wildman–Crippen LogP) is 4.67. The summed E-state index contributed by atoms with van der Waals surface area (Å²) in [6.45, 7) is 8.63. The Morgan fingerprint density at radius 3 is 2.56 bits per heavy atom. The van der Waals surface area contributed by atoms with E-state index in [1.165, 1.54) is 0 Å². The number of unbranched alkanes of at least 4 members (excludes halogenated alkanes) is 1. The van der Waals surface area contributed by atoms with Gasteiger partial charge in [0.15, 0.2) is 0 Å². The molecule has 5 nitrogen and oxygen atoms in total. The lowest BCUT2D eigenvalue weighted by atomic mass is 10.1. The van der Waals surface area contributed by atoms with E-state index in [2.05, 4.69) is 22.2 Å². The lowest BCUT2D eigenvalue weighted by molar-refractivity contribution is 0.0787. The van der Waals surface area contributed by atoms with Crippen molar-refractivity contribution >= 4 is 29.1 Å². The quantitative estimate of drug-likeness (QED) is 0.813. The second-order valence-electron chi connectivity index (χ2n) is 6.36. The largest absolute Gasteiger partial charge is 0.340 e. The monoisotopic (exact) mass is 360 g/mol. The molecule has 0 unspecified atom stereocenters. The summed E-state index contributed by atoms with van der Waals surface area (Å²) < 4.78 is 0. The molecule has 0 saturated carbocycles. The zero-order valence-electron chi connectivity index (χ0n) is 15.5. The molecule has 0 radical (unpaired) electrons. The van der Waals surface area contributed by atoms with Gasteiger partial charge in [0.1, 0.15) is 5.69 Å². The van der Waals surface area contributed by atoms with Gasteiger partial charge in [0, 0.05) is 19.3 Å². The van der Waals surface area contributed by atoms with E-state index < -0.39 is 0 Å². The average molecular weight is 361 g/mol. The van der Waals surface area contributed by atoms with E-state index in [-0.39, 0.29) is 5.91 Å². The maximum atomic E-state index is 12.6. The van der Waals surface area contributed by atoms with Gasteiger partial charge in [-0.15, -0.1) is 0 Å². The highest BCUT2D eigenvalue weighted by Gasteiger charge is 2.16. The molecule has 1 amide bonds. The van der Waals surface area contributed by atoms with Crippen LogP contribution in [-0.4, -0.2) is 34.4 Å². The van der Waals surface area contributed by atoms with E-state index in [1.54, 1.807) is 18.0 Å². The molecular weight excluding hydrogens is 336 g/mol. The van der Waals surface area contributed by atoms with E-state index in [1.807, 2.05) is 32.9 Å². The second kappa shape index (κ2) is 8.30. The third kappa shape index (κ3) is 4.92. The van der Waals surface area contributed by atoms with E-state index in [0.717, 1.165) is 35.3 Å². The first-order valence-electron chi connectivity index (χ1n) is 8.46. The van der Waals surface area contributed by atoms with Crippen LogP contribution < -0.4 is 5.32 Å². The third-order valence-corrected chi connectivity index (χ3v) is 4.23. The Labute approximate surface area is 154 Å². The number of benzene rings is 1. The second-order valence-corrected chi connectivity index (χ2v) is 6.77. The number of aromatic nitrogens is 2. The Balaban J connectivity index is 2.29. The molecule has 2 aromatic rings. The first kappa shape index (κ1) is 19.2. The van der Waals surface area contributed by atoms with E-state index in [9.17, 15) is 4.79 Å². The first-order valence-corrected chi connectivity index (χ1v) is 8.84. The summed E-state index contributed by atoms with van der Waals surface area (Å²) in [5.41, 5.74) is 3.96. The minimum absolute atomic E-state index is 0.103. The van der Waals surface area contributed by atoms with Gasteiger partial charge in [-0.25, -0.2) is 9.97 Å². The maximum absolute atomic E-state index is 12.6. The molecule has 134 valence electrons. The number of anilines is 2. The van der Waals surface area contributed by atoms with Crippen LogP contribution in [0.1, 0.15) is 47.1 Å². The fourth-order valence-electron chi connectivity index (χ4n) is 2.61. The van der Waals surface area contributed by atoms with E-state index >= 15 is 0 Å². The van der Waals surface area contributed by atoms with Crippen molar-refractivity contribution in [2.45, 2.75) is 40.5 Å². The smallest absolute Gasteiger partial charge is 0.272 e. The summed E-state index contributed by atoms with van der Waals surface area (Å²) in [5, 5.41) is 3.77. The van der Waals surface area contributed by atoms with Crippen molar-refractivity contribution in [3.05, 3.63) is 45.7 Å². The lowest BCUT2D eigenvalue weighted by Gasteiger charge is -2.17. The zero-order valence-corrected chi connectivity index (χ0v) is 16.2. The lowest BCUT2D eigenvalue weighted by Crippen LogP contribution is -2.28. The van der Waals surface area contributed by atoms with Crippen LogP contribution in [0, 0.1) is 20.8 Å². The fraction of sp³-hybridized carbons (Fsp3) is 0.421. The van der Waals surface area contributed by atoms with Gasteiger partial charge in [-0.1, -0.05) is 31.0 Å². The van der Waals surface area contributed by atoms with E-state index in [0.29, 0.717) is 23.2 Å². The fourth-order valence-corrected chi connectivity index (χ4v) is 2.98. The predicted molar refractivity (Wildman–Crippen MR) is 103 cm³/mol. The Morgan fingerprint density at radius 1 is 1.20 bits per heavy atom. The van der Waals surface area contributed by atoms with Crippen molar-refractivity contribution in [1.82, 2.24) is 14.9 Å². The van der Waals surface area contributed by atoms with E-state index in [4.69, 9.17) is 11.6 Å². The molecule has 1 aromatic heterocycles. The van der Waals surface area contributed by atoms with Gasteiger partial charge in [-0.3, -0.25) is 4.79 Å². The average Bonchev–Trinajstić information content (AvgIpc) is 2.54. The van der Waals surface area contributed by atoms with Gasteiger partial charge < -0.3 is 10.2 Å². The molecular formula is C19H25ClN4O. The molecule has 1 aromatic carbocycles. The molecule has 0 aliphatic rings. The number of halogens is 1. The van der Waals surface area contributed by atoms with Crippen LogP contribution in [0.4, 0.5) is 11.6 Å². The zero-order chi connectivity index (χ0) is 18.6. The first-order chi connectivity index (χ1) is 11.8. The molecule has 0 atom stereocenters. The van der Waals surface area contributed by atoms with Crippen LogP contribution in [0.2, 0.25) is 5.02 Å². The Morgan fingerprint density at radius 2 is 1.92 bits per heavy atom. The normalized spacial score (nSPS) is 10.6.